The van der Waals surface area contributed by atoms with E-state index in [1.54, 1.807) is 30.3 Å². The molecule has 15 heavy (non-hydrogen) atoms. The lowest BCUT2D eigenvalue weighted by molar-refractivity contribution is -0.138. The SMILES string of the molecule is O=C(O)[C@@H](CNS(=O)[O-])c1ccccc1. The Morgan fingerprint density at radius 3 is 2.53 bits per heavy atom. The van der Waals surface area contributed by atoms with Crippen LogP contribution >= 0.6 is 0 Å². The topological polar surface area (TPSA) is 89.5 Å². The Morgan fingerprint density at radius 2 is 2.07 bits per heavy atom. The van der Waals surface area contributed by atoms with Crippen molar-refractivity contribution in [2.24, 2.45) is 0 Å². The Bertz CT molecular complexity index is 354. The van der Waals surface area contributed by atoms with Gasteiger partial charge >= 0.3 is 5.97 Å². The van der Waals surface area contributed by atoms with Crippen LogP contribution in [0.15, 0.2) is 30.3 Å². The molecule has 2 atom stereocenters. The quantitative estimate of drug-likeness (QED) is 0.706. The molecule has 0 heterocycles. The largest absolute Gasteiger partial charge is 0.760 e. The summed E-state index contributed by atoms with van der Waals surface area (Å²) in [4.78, 5) is 10.9. The molecule has 0 spiro atoms. The normalized spacial score (nSPS) is 14.5. The monoisotopic (exact) mass is 228 g/mol. The molecule has 0 aromatic heterocycles. The van der Waals surface area contributed by atoms with Crippen LogP contribution in [0.2, 0.25) is 0 Å². The third kappa shape index (κ3) is 3.78. The molecule has 82 valence electrons. The minimum atomic E-state index is -2.44. The fourth-order valence-electron chi connectivity index (χ4n) is 1.18. The highest BCUT2D eigenvalue weighted by molar-refractivity contribution is 7.77. The number of nitrogens with one attached hydrogen (secondary N) is 1. The molecule has 0 saturated carbocycles. The second-order valence-electron chi connectivity index (χ2n) is 2.88. The van der Waals surface area contributed by atoms with E-state index in [2.05, 4.69) is 4.72 Å². The van der Waals surface area contributed by atoms with Crippen LogP contribution in [0.4, 0.5) is 0 Å². The molecule has 0 radical (unpaired) electrons. The molecular formula is C9H10NO4S-. The summed E-state index contributed by atoms with van der Waals surface area (Å²) >= 11 is -2.44. The zero-order chi connectivity index (χ0) is 11.3. The maximum absolute atomic E-state index is 10.9. The third-order valence-electron chi connectivity index (χ3n) is 1.91. The van der Waals surface area contributed by atoms with Crippen molar-refractivity contribution in [3.05, 3.63) is 35.9 Å². The van der Waals surface area contributed by atoms with Gasteiger partial charge in [0.25, 0.3) is 0 Å². The third-order valence-corrected chi connectivity index (χ3v) is 2.31. The zero-order valence-corrected chi connectivity index (χ0v) is 8.57. The Hall–Kier alpha value is -1.24. The smallest absolute Gasteiger partial charge is 0.312 e. The van der Waals surface area contributed by atoms with Crippen LogP contribution in [-0.2, 0) is 16.1 Å². The van der Waals surface area contributed by atoms with Gasteiger partial charge < -0.3 is 9.66 Å². The van der Waals surface area contributed by atoms with Crippen LogP contribution in [0.1, 0.15) is 11.5 Å². The molecule has 1 rings (SSSR count). The second kappa shape index (κ2) is 5.59. The molecule has 0 aliphatic carbocycles. The van der Waals surface area contributed by atoms with Gasteiger partial charge in [-0.25, -0.2) is 4.72 Å². The van der Waals surface area contributed by atoms with Gasteiger partial charge in [0.05, 0.1) is 5.92 Å². The minimum absolute atomic E-state index is 0.143. The lowest BCUT2D eigenvalue weighted by Gasteiger charge is -2.14. The molecule has 6 heteroatoms. The molecule has 0 saturated heterocycles. The van der Waals surface area contributed by atoms with Crippen molar-refractivity contribution in [1.82, 2.24) is 4.72 Å². The standard InChI is InChI=1S/C9H11NO4S/c11-9(12)8(6-10-15(13)14)7-4-2-1-3-5-7/h1-5,8,10H,6H2,(H,11,12)(H,13,14)/p-1/t8-/m0/s1. The number of carboxylic acid groups (broad SMARTS) is 1. The van der Waals surface area contributed by atoms with Crippen LogP contribution in [0.25, 0.3) is 0 Å². The average Bonchev–Trinajstić information content (AvgIpc) is 2.18. The average molecular weight is 228 g/mol. The van der Waals surface area contributed by atoms with Crippen molar-refractivity contribution in [2.45, 2.75) is 5.92 Å². The van der Waals surface area contributed by atoms with E-state index in [0.29, 0.717) is 5.56 Å². The first kappa shape index (κ1) is 11.8. The van der Waals surface area contributed by atoms with E-state index in [9.17, 15) is 13.6 Å². The summed E-state index contributed by atoms with van der Waals surface area (Å²) in [6.07, 6.45) is 0. The fraction of sp³-hybridized carbons (Fsp3) is 0.222. The molecule has 1 unspecified atom stereocenters. The molecule has 1 aromatic rings. The van der Waals surface area contributed by atoms with Crippen molar-refractivity contribution in [3.63, 3.8) is 0 Å². The van der Waals surface area contributed by atoms with Gasteiger partial charge in [0.15, 0.2) is 0 Å². The number of aliphatic carboxylic acids is 1. The Kier molecular flexibility index (Phi) is 4.41. The molecule has 0 amide bonds. The van der Waals surface area contributed by atoms with E-state index in [0.717, 1.165) is 0 Å². The van der Waals surface area contributed by atoms with Gasteiger partial charge in [-0.15, -0.1) is 0 Å². The minimum Gasteiger partial charge on any atom is -0.760 e. The molecule has 0 bridgehead atoms. The molecule has 0 fully saturated rings. The van der Waals surface area contributed by atoms with Crippen LogP contribution in [0, 0.1) is 0 Å². The zero-order valence-electron chi connectivity index (χ0n) is 7.75. The van der Waals surface area contributed by atoms with E-state index < -0.39 is 23.2 Å². The Labute approximate surface area is 89.5 Å². The Balaban J connectivity index is 2.75. The lowest BCUT2D eigenvalue weighted by atomic mass is 10.00. The van der Waals surface area contributed by atoms with Gasteiger partial charge in [-0.05, 0) is 5.56 Å². The van der Waals surface area contributed by atoms with Gasteiger partial charge in [-0.2, -0.15) is 0 Å². The van der Waals surface area contributed by atoms with Crippen molar-refractivity contribution >= 4 is 17.2 Å². The van der Waals surface area contributed by atoms with E-state index in [1.807, 2.05) is 0 Å². The first-order valence-electron chi connectivity index (χ1n) is 4.22. The van der Waals surface area contributed by atoms with Gasteiger partial charge in [0.2, 0.25) is 0 Å². The van der Waals surface area contributed by atoms with Gasteiger partial charge in [0.1, 0.15) is 0 Å². The van der Waals surface area contributed by atoms with Crippen molar-refractivity contribution in [2.75, 3.05) is 6.54 Å². The maximum atomic E-state index is 10.9. The molecule has 1 aromatic carbocycles. The predicted octanol–water partition coefficient (Wildman–Crippen LogP) is 0.238. The van der Waals surface area contributed by atoms with Crippen molar-refractivity contribution in [1.29, 1.82) is 0 Å². The van der Waals surface area contributed by atoms with Crippen LogP contribution in [-0.4, -0.2) is 26.4 Å². The first-order valence-corrected chi connectivity index (χ1v) is 5.29. The highest BCUT2D eigenvalue weighted by Gasteiger charge is 2.18. The number of benzene rings is 1. The highest BCUT2D eigenvalue weighted by atomic mass is 32.2. The van der Waals surface area contributed by atoms with Gasteiger partial charge in [-0.3, -0.25) is 9.00 Å². The van der Waals surface area contributed by atoms with Crippen molar-refractivity contribution < 1.29 is 18.7 Å². The summed E-state index contributed by atoms with van der Waals surface area (Å²) in [5.41, 5.74) is 0.572. The highest BCUT2D eigenvalue weighted by Crippen LogP contribution is 2.14. The predicted molar refractivity (Wildman–Crippen MR) is 53.7 cm³/mol. The summed E-state index contributed by atoms with van der Waals surface area (Å²) < 4.78 is 22.6. The number of hydrogen-bond acceptors (Lipinski definition) is 3. The summed E-state index contributed by atoms with van der Waals surface area (Å²) in [6, 6.07) is 8.48. The van der Waals surface area contributed by atoms with E-state index >= 15 is 0 Å². The fourth-order valence-corrected chi connectivity index (χ4v) is 1.49. The first-order chi connectivity index (χ1) is 7.11. The molecule has 0 aliphatic rings. The van der Waals surface area contributed by atoms with E-state index in [1.165, 1.54) is 0 Å². The number of carbonyl (C=O) groups is 1. The molecule has 0 aliphatic heterocycles. The van der Waals surface area contributed by atoms with E-state index in [4.69, 9.17) is 5.11 Å². The Morgan fingerprint density at radius 1 is 1.47 bits per heavy atom. The van der Waals surface area contributed by atoms with Crippen molar-refractivity contribution in [3.8, 4) is 0 Å². The summed E-state index contributed by atoms with van der Waals surface area (Å²) in [5.74, 6) is -1.91. The lowest BCUT2D eigenvalue weighted by Crippen LogP contribution is -2.28. The van der Waals surface area contributed by atoms with Gasteiger partial charge in [-0.1, -0.05) is 30.3 Å². The maximum Gasteiger partial charge on any atom is 0.312 e. The molecule has 5 nitrogen and oxygen atoms in total. The summed E-state index contributed by atoms with van der Waals surface area (Å²) in [5, 5.41) is 8.90. The number of carboxylic acids is 1. The summed E-state index contributed by atoms with van der Waals surface area (Å²) in [7, 11) is 0. The van der Waals surface area contributed by atoms with Crippen LogP contribution in [0.3, 0.4) is 0 Å². The second-order valence-corrected chi connectivity index (χ2v) is 3.64. The number of hydrogen-bond donors (Lipinski definition) is 2. The molecule has 2 N–H and O–H groups in total. The molecular weight excluding hydrogens is 218 g/mol. The van der Waals surface area contributed by atoms with Gasteiger partial charge in [0, 0.05) is 17.8 Å². The summed E-state index contributed by atoms with van der Waals surface area (Å²) in [6.45, 7) is -0.143. The van der Waals surface area contributed by atoms with Crippen LogP contribution in [0.5, 0.6) is 0 Å². The number of rotatable bonds is 5. The van der Waals surface area contributed by atoms with E-state index in [-0.39, 0.29) is 6.54 Å². The van der Waals surface area contributed by atoms with Crippen LogP contribution < -0.4 is 4.72 Å².